The van der Waals surface area contributed by atoms with Crippen molar-refractivity contribution in [2.75, 3.05) is 4.90 Å². The minimum Gasteiger partial charge on any atom is -0.307 e. The fourth-order valence-corrected chi connectivity index (χ4v) is 8.08. The molecular weight excluding hydrogens is 527 g/mol. The second kappa shape index (κ2) is 9.70. The molecule has 3 nitrogen and oxygen atoms in total. The van der Waals surface area contributed by atoms with Gasteiger partial charge in [-0.05, 0) is 65.2 Å². The monoisotopic (exact) mass is 549 g/mol. The van der Waals surface area contributed by atoms with Gasteiger partial charge in [-0.1, -0.05) is 84.2 Å². The van der Waals surface area contributed by atoms with Crippen LogP contribution in [0.4, 0.5) is 17.1 Å². The highest BCUT2D eigenvalue weighted by Crippen LogP contribution is 2.54. The highest BCUT2D eigenvalue weighted by Gasteiger charge is 2.31. The van der Waals surface area contributed by atoms with Crippen LogP contribution in [0.1, 0.15) is 22.6 Å². The van der Waals surface area contributed by atoms with E-state index in [-0.39, 0.29) is 5.92 Å². The van der Waals surface area contributed by atoms with E-state index in [9.17, 15) is 0 Å². The molecule has 0 spiro atoms. The quantitative estimate of drug-likeness (QED) is 0.219. The zero-order valence-corrected chi connectivity index (χ0v) is 23.1. The zero-order valence-electron chi connectivity index (χ0n) is 21.4. The number of hydrogen-bond acceptors (Lipinski definition) is 5. The first kappa shape index (κ1) is 23.6. The van der Waals surface area contributed by atoms with E-state index in [4.69, 9.17) is 0 Å². The summed E-state index contributed by atoms with van der Waals surface area (Å²) in [7, 11) is 0. The summed E-state index contributed by atoms with van der Waals surface area (Å²) in [5.74, 6) is 0.0937. The van der Waals surface area contributed by atoms with E-state index in [1.807, 2.05) is 48.3 Å². The number of hydrogen-bond donors (Lipinski definition) is 0. The average molecular weight is 550 g/mol. The molecule has 0 saturated carbocycles. The Bertz CT molecular complexity index is 1670. The summed E-state index contributed by atoms with van der Waals surface area (Å²) in [4.78, 5) is 16.8. The van der Waals surface area contributed by atoms with E-state index in [1.165, 1.54) is 47.6 Å². The van der Waals surface area contributed by atoms with E-state index in [0.717, 1.165) is 16.8 Å². The van der Waals surface area contributed by atoms with Gasteiger partial charge in [-0.2, -0.15) is 0 Å². The van der Waals surface area contributed by atoms with Crippen LogP contribution in [0.15, 0.2) is 154 Å². The minimum atomic E-state index is 0.0937. The minimum absolute atomic E-state index is 0.0937. The third kappa shape index (κ3) is 3.77. The van der Waals surface area contributed by atoms with E-state index < -0.39 is 0 Å². The van der Waals surface area contributed by atoms with Crippen LogP contribution in [0.25, 0.3) is 11.1 Å². The van der Waals surface area contributed by atoms with Crippen LogP contribution in [0.2, 0.25) is 0 Å². The molecule has 0 amide bonds. The van der Waals surface area contributed by atoms with Gasteiger partial charge in [0.25, 0.3) is 0 Å². The van der Waals surface area contributed by atoms with E-state index in [1.54, 1.807) is 0 Å². The van der Waals surface area contributed by atoms with Gasteiger partial charge in [0.15, 0.2) is 0 Å². The molecule has 8 rings (SSSR count). The van der Waals surface area contributed by atoms with E-state index in [2.05, 4.69) is 124 Å². The van der Waals surface area contributed by atoms with Gasteiger partial charge >= 0.3 is 0 Å². The molecule has 5 heteroatoms. The Labute approximate surface area is 242 Å². The molecule has 2 aliphatic rings. The maximum atomic E-state index is 4.65. The van der Waals surface area contributed by atoms with Crippen molar-refractivity contribution < 1.29 is 0 Å². The van der Waals surface area contributed by atoms with Crippen LogP contribution in [-0.2, 0) is 0 Å². The van der Waals surface area contributed by atoms with Crippen LogP contribution >= 0.6 is 23.5 Å². The molecule has 0 aliphatic carbocycles. The Hall–Kier alpha value is -4.32. The maximum Gasteiger partial charge on any atom is 0.0601 e. The van der Waals surface area contributed by atoms with E-state index in [0.29, 0.717) is 0 Å². The van der Waals surface area contributed by atoms with E-state index >= 15 is 0 Å². The SMILES string of the molecule is c1ccc2c(c1)Sc1ccccc1C2c1ccncc1-c1cnccc1N1c2ccccc2Sc2ccccc21. The Balaban J connectivity index is 1.37. The summed E-state index contributed by atoms with van der Waals surface area (Å²) in [6.07, 6.45) is 7.82. The first-order chi connectivity index (χ1) is 19.9. The van der Waals surface area contributed by atoms with Crippen molar-refractivity contribution in [1.29, 1.82) is 0 Å². The van der Waals surface area contributed by atoms with Crippen molar-refractivity contribution in [3.05, 3.63) is 151 Å². The second-order valence-corrected chi connectivity index (χ2v) is 12.0. The maximum absolute atomic E-state index is 4.65. The molecule has 0 saturated heterocycles. The van der Waals surface area contributed by atoms with Crippen molar-refractivity contribution >= 4 is 40.6 Å². The topological polar surface area (TPSA) is 29.0 Å². The van der Waals surface area contributed by atoms with Crippen molar-refractivity contribution in [3.63, 3.8) is 0 Å². The lowest BCUT2D eigenvalue weighted by molar-refractivity contribution is 0.900. The first-order valence-electron chi connectivity index (χ1n) is 13.3. The van der Waals surface area contributed by atoms with Gasteiger partial charge in [-0.3, -0.25) is 9.97 Å². The predicted molar refractivity (Wildman–Crippen MR) is 164 cm³/mol. The fourth-order valence-electron chi connectivity index (χ4n) is 5.88. The highest BCUT2D eigenvalue weighted by atomic mass is 32.2. The molecule has 190 valence electrons. The number of para-hydroxylation sites is 2. The molecule has 0 fully saturated rings. The lowest BCUT2D eigenvalue weighted by Gasteiger charge is -2.34. The molecule has 2 aromatic heterocycles. The van der Waals surface area contributed by atoms with Crippen LogP contribution in [0, 0.1) is 0 Å². The molecule has 40 heavy (non-hydrogen) atoms. The summed E-state index contributed by atoms with van der Waals surface area (Å²) >= 11 is 3.68. The van der Waals surface area contributed by atoms with Crippen LogP contribution in [0.5, 0.6) is 0 Å². The van der Waals surface area contributed by atoms with Crippen molar-refractivity contribution in [1.82, 2.24) is 9.97 Å². The van der Waals surface area contributed by atoms with Gasteiger partial charge < -0.3 is 4.90 Å². The number of pyridine rings is 2. The standard InChI is InChI=1S/C35H23N3S2/c1-5-13-31-24(9-1)35(25-10-2-6-14-32(25)39-31)23-17-19-36-21-26(23)27-22-37-20-18-28(27)38-29-11-3-7-15-33(29)40-34-16-8-4-12-30(34)38/h1-22,35H. The summed E-state index contributed by atoms with van der Waals surface area (Å²) < 4.78 is 0. The molecule has 0 N–H and O–H groups in total. The summed E-state index contributed by atoms with van der Waals surface area (Å²) in [6.45, 7) is 0. The Kier molecular flexibility index (Phi) is 5.71. The van der Waals surface area contributed by atoms with Crippen molar-refractivity contribution in [2.24, 2.45) is 0 Å². The number of fused-ring (bicyclic) bond motifs is 4. The molecular formula is C35H23N3S2. The molecule has 0 unspecified atom stereocenters. The number of anilines is 3. The molecule has 2 aliphatic heterocycles. The molecule has 4 aromatic carbocycles. The summed E-state index contributed by atoms with van der Waals surface area (Å²) in [5, 5.41) is 0. The van der Waals surface area contributed by atoms with Crippen LogP contribution < -0.4 is 4.90 Å². The van der Waals surface area contributed by atoms with Gasteiger partial charge in [0, 0.05) is 61.4 Å². The highest BCUT2D eigenvalue weighted by molar-refractivity contribution is 8.00. The van der Waals surface area contributed by atoms with Gasteiger partial charge in [0.05, 0.1) is 17.1 Å². The Morgan fingerprint density at radius 3 is 1.60 bits per heavy atom. The lowest BCUT2D eigenvalue weighted by Crippen LogP contribution is -2.16. The molecule has 4 heterocycles. The predicted octanol–water partition coefficient (Wildman–Crippen LogP) is 9.72. The summed E-state index contributed by atoms with van der Waals surface area (Å²) in [5.41, 5.74) is 9.50. The molecule has 0 atom stereocenters. The molecule has 0 radical (unpaired) electrons. The summed E-state index contributed by atoms with van der Waals surface area (Å²) in [6, 6.07) is 39.2. The number of benzene rings is 4. The second-order valence-electron chi connectivity index (χ2n) is 9.84. The smallest absolute Gasteiger partial charge is 0.0601 e. The molecule has 6 aromatic rings. The number of nitrogens with zero attached hydrogens (tertiary/aromatic N) is 3. The van der Waals surface area contributed by atoms with Crippen molar-refractivity contribution in [3.8, 4) is 11.1 Å². The average Bonchev–Trinajstić information content (AvgIpc) is 3.02. The Morgan fingerprint density at radius 2 is 0.950 bits per heavy atom. The lowest BCUT2D eigenvalue weighted by atomic mass is 9.81. The number of aromatic nitrogens is 2. The van der Waals surface area contributed by atoms with Crippen LogP contribution in [-0.4, -0.2) is 9.97 Å². The van der Waals surface area contributed by atoms with Gasteiger partial charge in [0.1, 0.15) is 0 Å². The molecule has 0 bridgehead atoms. The van der Waals surface area contributed by atoms with Crippen LogP contribution in [0.3, 0.4) is 0 Å². The van der Waals surface area contributed by atoms with Gasteiger partial charge in [0.2, 0.25) is 0 Å². The normalized spacial score (nSPS) is 13.7. The number of rotatable bonds is 3. The Morgan fingerprint density at radius 1 is 0.450 bits per heavy atom. The largest absolute Gasteiger partial charge is 0.307 e. The fraction of sp³-hybridized carbons (Fsp3) is 0.0286. The zero-order chi connectivity index (χ0) is 26.5. The van der Waals surface area contributed by atoms with Crippen molar-refractivity contribution in [2.45, 2.75) is 25.5 Å². The van der Waals surface area contributed by atoms with Gasteiger partial charge in [-0.25, -0.2) is 0 Å². The third-order valence-corrected chi connectivity index (χ3v) is 9.92. The first-order valence-corrected chi connectivity index (χ1v) is 14.9. The third-order valence-electron chi connectivity index (χ3n) is 7.61. The van der Waals surface area contributed by atoms with Gasteiger partial charge in [-0.15, -0.1) is 0 Å².